The molecular formula is C17H19NO4S. The van der Waals surface area contributed by atoms with Crippen molar-refractivity contribution in [2.24, 2.45) is 0 Å². The molecule has 5 nitrogen and oxygen atoms in total. The van der Waals surface area contributed by atoms with Crippen molar-refractivity contribution in [2.45, 2.75) is 19.1 Å². The van der Waals surface area contributed by atoms with Gasteiger partial charge in [-0.3, -0.25) is 4.79 Å². The number of hydrogen-bond acceptors (Lipinski definition) is 5. The fraction of sp³-hybridized carbons (Fsp3) is 0.294. The summed E-state index contributed by atoms with van der Waals surface area (Å²) in [5.41, 5.74) is 2.02. The molecule has 1 N–H and O–H groups in total. The molecule has 6 heteroatoms. The highest BCUT2D eigenvalue weighted by Crippen LogP contribution is 2.17. The minimum Gasteiger partial charge on any atom is -0.463 e. The number of esters is 1. The fourth-order valence-electron chi connectivity index (χ4n) is 1.93. The predicted molar refractivity (Wildman–Crippen MR) is 90.7 cm³/mol. The maximum absolute atomic E-state index is 11.9. The average Bonchev–Trinajstić information content (AvgIpc) is 3.03. The van der Waals surface area contributed by atoms with Gasteiger partial charge in [-0.15, -0.1) is 11.8 Å². The van der Waals surface area contributed by atoms with E-state index < -0.39 is 5.97 Å². The Hall–Kier alpha value is -2.21. The van der Waals surface area contributed by atoms with E-state index in [1.165, 1.54) is 24.4 Å². The summed E-state index contributed by atoms with van der Waals surface area (Å²) in [7, 11) is 1.30. The van der Waals surface area contributed by atoms with Gasteiger partial charge in [-0.2, -0.15) is 0 Å². The lowest BCUT2D eigenvalue weighted by molar-refractivity contribution is -0.113. The second-order valence-corrected chi connectivity index (χ2v) is 5.83. The molecule has 0 radical (unpaired) electrons. The summed E-state index contributed by atoms with van der Waals surface area (Å²) in [4.78, 5) is 23.2. The summed E-state index contributed by atoms with van der Waals surface area (Å²) in [5, 5.41) is 2.85. The molecule has 0 unspecified atom stereocenters. The molecule has 122 valence electrons. The van der Waals surface area contributed by atoms with Crippen LogP contribution in [0.25, 0.3) is 0 Å². The minimum atomic E-state index is -0.505. The van der Waals surface area contributed by atoms with E-state index in [0.29, 0.717) is 17.3 Å². The number of anilines is 1. The molecule has 2 aromatic rings. The van der Waals surface area contributed by atoms with Crippen molar-refractivity contribution in [3.05, 3.63) is 53.5 Å². The molecule has 2 rings (SSSR count). The van der Waals surface area contributed by atoms with Gasteiger partial charge in [0, 0.05) is 5.69 Å². The maximum Gasteiger partial charge on any atom is 0.373 e. The van der Waals surface area contributed by atoms with Crippen LogP contribution in [0, 0.1) is 0 Å². The highest BCUT2D eigenvalue weighted by atomic mass is 32.2. The van der Waals surface area contributed by atoms with Crippen molar-refractivity contribution in [3.63, 3.8) is 0 Å². The highest BCUT2D eigenvalue weighted by molar-refractivity contribution is 7.99. The number of nitrogens with one attached hydrogen (secondary N) is 1. The average molecular weight is 333 g/mol. The molecule has 0 aliphatic carbocycles. The summed E-state index contributed by atoms with van der Waals surface area (Å²) < 4.78 is 9.91. The predicted octanol–water partition coefficient (Wildman–Crippen LogP) is 3.50. The first-order valence-electron chi connectivity index (χ1n) is 7.26. The van der Waals surface area contributed by atoms with Crippen LogP contribution in [0.2, 0.25) is 0 Å². The number of furan rings is 1. The van der Waals surface area contributed by atoms with Crippen LogP contribution in [0.5, 0.6) is 0 Å². The second-order valence-electron chi connectivity index (χ2n) is 4.85. The van der Waals surface area contributed by atoms with E-state index in [1.54, 1.807) is 12.1 Å². The number of thioether (sulfide) groups is 1. The largest absolute Gasteiger partial charge is 0.463 e. The smallest absolute Gasteiger partial charge is 0.373 e. The molecule has 1 amide bonds. The topological polar surface area (TPSA) is 68.5 Å². The Balaban J connectivity index is 1.75. The van der Waals surface area contributed by atoms with Crippen molar-refractivity contribution >= 4 is 29.3 Å². The van der Waals surface area contributed by atoms with Gasteiger partial charge in [0.1, 0.15) is 5.76 Å². The molecule has 0 bridgehead atoms. The van der Waals surface area contributed by atoms with Gasteiger partial charge in [0.05, 0.1) is 18.6 Å². The zero-order valence-electron chi connectivity index (χ0n) is 13.1. The van der Waals surface area contributed by atoms with Crippen LogP contribution in [0.1, 0.15) is 28.8 Å². The molecule has 1 heterocycles. The van der Waals surface area contributed by atoms with Crippen LogP contribution in [-0.4, -0.2) is 24.7 Å². The van der Waals surface area contributed by atoms with Gasteiger partial charge < -0.3 is 14.5 Å². The molecule has 0 aliphatic heterocycles. The third-order valence-electron chi connectivity index (χ3n) is 3.17. The number of methoxy groups -OCH3 is 1. The third-order valence-corrected chi connectivity index (χ3v) is 4.13. The number of carbonyl (C=O) groups is 2. The highest BCUT2D eigenvalue weighted by Gasteiger charge is 2.11. The minimum absolute atomic E-state index is 0.0704. The van der Waals surface area contributed by atoms with Gasteiger partial charge >= 0.3 is 5.97 Å². The van der Waals surface area contributed by atoms with Crippen molar-refractivity contribution < 1.29 is 18.7 Å². The summed E-state index contributed by atoms with van der Waals surface area (Å²) in [6, 6.07) is 11.1. The summed E-state index contributed by atoms with van der Waals surface area (Å²) in [6.45, 7) is 2.09. The van der Waals surface area contributed by atoms with Crippen molar-refractivity contribution in [1.29, 1.82) is 0 Å². The molecule has 0 saturated heterocycles. The third kappa shape index (κ3) is 5.17. The van der Waals surface area contributed by atoms with Crippen molar-refractivity contribution in [1.82, 2.24) is 0 Å². The number of aryl methyl sites for hydroxylation is 1. The number of carbonyl (C=O) groups excluding carboxylic acids is 2. The van der Waals surface area contributed by atoms with E-state index in [-0.39, 0.29) is 11.7 Å². The van der Waals surface area contributed by atoms with Crippen LogP contribution < -0.4 is 5.32 Å². The number of ether oxygens (including phenoxy) is 1. The normalized spacial score (nSPS) is 10.3. The molecular weight excluding hydrogens is 314 g/mol. The maximum atomic E-state index is 11.9. The van der Waals surface area contributed by atoms with Crippen LogP contribution in [0.15, 0.2) is 40.8 Å². The molecule has 1 aromatic heterocycles. The molecule has 0 aliphatic rings. The Morgan fingerprint density at radius 3 is 2.57 bits per heavy atom. The zero-order valence-corrected chi connectivity index (χ0v) is 13.9. The first-order chi connectivity index (χ1) is 11.1. The Labute approximate surface area is 139 Å². The van der Waals surface area contributed by atoms with E-state index in [1.807, 2.05) is 24.3 Å². The first kappa shape index (κ1) is 17.1. The number of rotatable bonds is 7. The lowest BCUT2D eigenvalue weighted by Gasteiger charge is -2.05. The van der Waals surface area contributed by atoms with Crippen LogP contribution in [0.3, 0.4) is 0 Å². The Morgan fingerprint density at radius 2 is 1.91 bits per heavy atom. The SMILES string of the molecule is CCc1ccc(NC(=O)CSCc2ccc(C(=O)OC)o2)cc1. The van der Waals surface area contributed by atoms with E-state index in [4.69, 9.17) is 4.42 Å². The summed E-state index contributed by atoms with van der Waals surface area (Å²) >= 11 is 1.42. The fourth-order valence-corrected chi connectivity index (χ4v) is 2.65. The molecule has 1 aromatic carbocycles. The van der Waals surface area contributed by atoms with Gasteiger partial charge in [-0.25, -0.2) is 4.79 Å². The van der Waals surface area contributed by atoms with Gasteiger partial charge in [-0.1, -0.05) is 19.1 Å². The Morgan fingerprint density at radius 1 is 1.17 bits per heavy atom. The van der Waals surface area contributed by atoms with Crippen LogP contribution in [0.4, 0.5) is 5.69 Å². The molecule has 0 fully saturated rings. The monoisotopic (exact) mass is 333 g/mol. The Kier molecular flexibility index (Phi) is 6.29. The zero-order chi connectivity index (χ0) is 16.7. The van der Waals surface area contributed by atoms with Gasteiger partial charge in [0.25, 0.3) is 0 Å². The quantitative estimate of drug-likeness (QED) is 0.785. The standard InChI is InChI=1S/C17H19NO4S/c1-3-12-4-6-13(7-5-12)18-16(19)11-23-10-14-8-9-15(22-14)17(20)21-2/h4-9H,3,10-11H2,1-2H3,(H,18,19). The van der Waals surface area contributed by atoms with Gasteiger partial charge in [0.15, 0.2) is 0 Å². The second kappa shape index (κ2) is 8.43. The van der Waals surface area contributed by atoms with Crippen LogP contribution in [-0.2, 0) is 21.7 Å². The molecule has 0 spiro atoms. The number of benzene rings is 1. The van der Waals surface area contributed by atoms with Gasteiger partial charge in [-0.05, 0) is 36.2 Å². The number of amides is 1. The molecule has 23 heavy (non-hydrogen) atoms. The summed E-state index contributed by atoms with van der Waals surface area (Å²) in [5.74, 6) is 1.05. The van der Waals surface area contributed by atoms with E-state index in [2.05, 4.69) is 17.0 Å². The van der Waals surface area contributed by atoms with Crippen molar-refractivity contribution in [3.8, 4) is 0 Å². The van der Waals surface area contributed by atoms with E-state index >= 15 is 0 Å². The van der Waals surface area contributed by atoms with E-state index in [0.717, 1.165) is 12.1 Å². The molecule has 0 atom stereocenters. The Bertz CT molecular complexity index is 663. The lowest BCUT2D eigenvalue weighted by Crippen LogP contribution is -2.14. The number of hydrogen-bond donors (Lipinski definition) is 1. The van der Waals surface area contributed by atoms with Gasteiger partial charge in [0.2, 0.25) is 11.7 Å². The van der Waals surface area contributed by atoms with E-state index in [9.17, 15) is 9.59 Å². The molecule has 0 saturated carbocycles. The summed E-state index contributed by atoms with van der Waals surface area (Å²) in [6.07, 6.45) is 0.973. The first-order valence-corrected chi connectivity index (χ1v) is 8.41. The van der Waals surface area contributed by atoms with Crippen molar-refractivity contribution in [2.75, 3.05) is 18.2 Å². The van der Waals surface area contributed by atoms with Crippen LogP contribution >= 0.6 is 11.8 Å². The lowest BCUT2D eigenvalue weighted by atomic mass is 10.1.